The summed E-state index contributed by atoms with van der Waals surface area (Å²) in [6, 6.07) is 12.0. The van der Waals surface area contributed by atoms with Crippen molar-refractivity contribution in [1.29, 1.82) is 0 Å². The minimum absolute atomic E-state index is 0.0300. The van der Waals surface area contributed by atoms with Gasteiger partial charge in [-0.3, -0.25) is 9.59 Å². The molecule has 0 aliphatic rings. The molecule has 1 unspecified atom stereocenters. The number of ketones is 1. The van der Waals surface area contributed by atoms with Gasteiger partial charge in [-0.2, -0.15) is 0 Å². The van der Waals surface area contributed by atoms with Crippen LogP contribution >= 0.6 is 0 Å². The Morgan fingerprint density at radius 1 is 0.962 bits per heavy atom. The lowest BCUT2D eigenvalue weighted by Crippen LogP contribution is -2.27. The van der Waals surface area contributed by atoms with Crippen LogP contribution in [0.3, 0.4) is 0 Å². The summed E-state index contributed by atoms with van der Waals surface area (Å²) in [7, 11) is 1.65. The molecule has 0 aliphatic heterocycles. The Kier molecular flexibility index (Phi) is 7.64. The average Bonchev–Trinajstić information content (AvgIpc) is 2.65. The molecule has 2 aromatic carbocycles. The number of aryl methyl sites for hydroxylation is 1. The van der Waals surface area contributed by atoms with Gasteiger partial charge in [-0.05, 0) is 47.7 Å². The third-order valence-electron chi connectivity index (χ3n) is 4.41. The number of hydrogen-bond acceptors (Lipinski definition) is 4. The van der Waals surface area contributed by atoms with Crippen LogP contribution in [0.5, 0.6) is 5.75 Å². The largest absolute Gasteiger partial charge is 0.497 e. The summed E-state index contributed by atoms with van der Waals surface area (Å²) < 4.78 is 10.7. The van der Waals surface area contributed by atoms with Crippen LogP contribution in [0, 0.1) is 0 Å². The van der Waals surface area contributed by atoms with Crippen LogP contribution in [-0.2, 0) is 20.7 Å². The van der Waals surface area contributed by atoms with Crippen LogP contribution in [0.15, 0.2) is 36.4 Å². The predicted molar refractivity (Wildman–Crippen MR) is 104 cm³/mol. The lowest BCUT2D eigenvalue weighted by molar-refractivity contribution is -0.155. The maximum absolute atomic E-state index is 12.2. The number of esters is 1. The molecule has 4 heteroatoms. The summed E-state index contributed by atoms with van der Waals surface area (Å²) in [5, 5.41) is 2.21. The molecule has 0 N–H and O–H groups in total. The van der Waals surface area contributed by atoms with E-state index in [0.717, 1.165) is 34.9 Å². The Labute approximate surface area is 155 Å². The molecule has 0 radical (unpaired) electrons. The number of hydrogen-bond donors (Lipinski definition) is 0. The maximum atomic E-state index is 12.2. The molecule has 2 rings (SSSR count). The SMILES string of the molecule is CCCC(=O)C(CCC)OC(=O)CCc1ccc2cc(OC)ccc2c1. The van der Waals surface area contributed by atoms with Crippen molar-refractivity contribution in [3.63, 3.8) is 0 Å². The second kappa shape index (κ2) is 9.95. The molecular formula is C22H28O4. The van der Waals surface area contributed by atoms with Gasteiger partial charge in [-0.25, -0.2) is 0 Å². The van der Waals surface area contributed by atoms with Crippen molar-refractivity contribution in [2.75, 3.05) is 7.11 Å². The maximum Gasteiger partial charge on any atom is 0.306 e. The number of carbonyl (C=O) groups excluding carboxylic acids is 2. The van der Waals surface area contributed by atoms with E-state index in [1.54, 1.807) is 7.11 Å². The summed E-state index contributed by atoms with van der Waals surface area (Å²) in [6.45, 7) is 3.95. The van der Waals surface area contributed by atoms with Crippen LogP contribution in [0.25, 0.3) is 10.8 Å². The first-order valence-corrected chi connectivity index (χ1v) is 9.36. The Morgan fingerprint density at radius 3 is 2.38 bits per heavy atom. The second-order valence-electron chi connectivity index (χ2n) is 6.53. The highest BCUT2D eigenvalue weighted by atomic mass is 16.5. The first-order valence-electron chi connectivity index (χ1n) is 9.36. The van der Waals surface area contributed by atoms with Gasteiger partial charge in [-0.15, -0.1) is 0 Å². The van der Waals surface area contributed by atoms with Crippen molar-refractivity contribution in [2.45, 2.75) is 58.5 Å². The van der Waals surface area contributed by atoms with Crippen molar-refractivity contribution in [3.8, 4) is 5.75 Å². The van der Waals surface area contributed by atoms with E-state index in [1.165, 1.54) is 0 Å². The molecule has 2 aromatic rings. The van der Waals surface area contributed by atoms with Gasteiger partial charge in [0, 0.05) is 12.8 Å². The van der Waals surface area contributed by atoms with Crippen molar-refractivity contribution in [1.82, 2.24) is 0 Å². The fourth-order valence-corrected chi connectivity index (χ4v) is 2.97. The molecule has 0 bridgehead atoms. The molecule has 1 atom stereocenters. The molecule has 0 fully saturated rings. The zero-order valence-electron chi connectivity index (χ0n) is 15.9. The van der Waals surface area contributed by atoms with Crippen molar-refractivity contribution in [2.24, 2.45) is 0 Å². The van der Waals surface area contributed by atoms with Gasteiger partial charge in [0.05, 0.1) is 7.11 Å². The van der Waals surface area contributed by atoms with Crippen molar-refractivity contribution >= 4 is 22.5 Å². The molecule has 26 heavy (non-hydrogen) atoms. The minimum Gasteiger partial charge on any atom is -0.497 e. The van der Waals surface area contributed by atoms with Crippen LogP contribution in [0.4, 0.5) is 0 Å². The predicted octanol–water partition coefficient (Wildman–Crippen LogP) is 4.86. The summed E-state index contributed by atoms with van der Waals surface area (Å²) >= 11 is 0. The van der Waals surface area contributed by atoms with E-state index in [9.17, 15) is 9.59 Å². The van der Waals surface area contributed by atoms with Gasteiger partial charge in [0.1, 0.15) is 5.75 Å². The van der Waals surface area contributed by atoms with Gasteiger partial charge in [0.2, 0.25) is 0 Å². The third kappa shape index (κ3) is 5.58. The number of methoxy groups -OCH3 is 1. The molecule has 0 aromatic heterocycles. The van der Waals surface area contributed by atoms with Gasteiger partial charge in [0.25, 0.3) is 0 Å². The number of ether oxygens (including phenoxy) is 2. The van der Waals surface area contributed by atoms with Crippen LogP contribution in [-0.4, -0.2) is 25.0 Å². The monoisotopic (exact) mass is 356 g/mol. The third-order valence-corrected chi connectivity index (χ3v) is 4.41. The Bertz CT molecular complexity index is 751. The number of carbonyl (C=O) groups is 2. The topological polar surface area (TPSA) is 52.6 Å². The molecule has 0 amide bonds. The number of Topliss-reactive ketones (excluding diaryl/α,β-unsaturated/α-hetero) is 1. The average molecular weight is 356 g/mol. The van der Waals surface area contributed by atoms with Crippen molar-refractivity contribution in [3.05, 3.63) is 42.0 Å². The van der Waals surface area contributed by atoms with Crippen LogP contribution < -0.4 is 4.74 Å². The highest BCUT2D eigenvalue weighted by Crippen LogP contribution is 2.22. The number of rotatable bonds is 10. The van der Waals surface area contributed by atoms with E-state index in [4.69, 9.17) is 9.47 Å². The summed E-state index contributed by atoms with van der Waals surface area (Å²) in [4.78, 5) is 24.2. The normalized spacial score (nSPS) is 12.0. The van der Waals surface area contributed by atoms with E-state index in [0.29, 0.717) is 19.3 Å². The first-order chi connectivity index (χ1) is 12.6. The van der Waals surface area contributed by atoms with Crippen LogP contribution in [0.1, 0.15) is 51.5 Å². The zero-order valence-corrected chi connectivity index (χ0v) is 15.9. The van der Waals surface area contributed by atoms with E-state index >= 15 is 0 Å². The van der Waals surface area contributed by atoms with Gasteiger partial charge >= 0.3 is 5.97 Å². The minimum atomic E-state index is -0.587. The standard InChI is InChI=1S/C22H28O4/c1-4-6-20(23)21(7-5-2)26-22(24)13-9-16-8-10-18-15-19(25-3)12-11-17(18)14-16/h8,10-12,14-15,21H,4-7,9,13H2,1-3H3. The summed E-state index contributed by atoms with van der Waals surface area (Å²) in [6.07, 6.45) is 2.95. The fraction of sp³-hybridized carbons (Fsp3) is 0.455. The van der Waals surface area contributed by atoms with Crippen molar-refractivity contribution < 1.29 is 19.1 Å². The highest BCUT2D eigenvalue weighted by Gasteiger charge is 2.20. The van der Waals surface area contributed by atoms with E-state index < -0.39 is 6.10 Å². The van der Waals surface area contributed by atoms with E-state index in [-0.39, 0.29) is 18.2 Å². The van der Waals surface area contributed by atoms with Gasteiger partial charge < -0.3 is 9.47 Å². The molecule has 0 heterocycles. The molecule has 4 nitrogen and oxygen atoms in total. The molecule has 0 aliphatic carbocycles. The Balaban J connectivity index is 1.95. The molecular weight excluding hydrogens is 328 g/mol. The fourth-order valence-electron chi connectivity index (χ4n) is 2.97. The van der Waals surface area contributed by atoms with Gasteiger partial charge in [-0.1, -0.05) is 44.5 Å². The van der Waals surface area contributed by atoms with Crippen LogP contribution in [0.2, 0.25) is 0 Å². The zero-order chi connectivity index (χ0) is 18.9. The molecule has 0 saturated carbocycles. The quantitative estimate of drug-likeness (QED) is 0.570. The lowest BCUT2D eigenvalue weighted by Gasteiger charge is -2.16. The first kappa shape index (κ1) is 20.0. The van der Waals surface area contributed by atoms with Gasteiger partial charge in [0.15, 0.2) is 11.9 Å². The Hall–Kier alpha value is -2.36. The lowest BCUT2D eigenvalue weighted by atomic mass is 10.0. The molecule has 140 valence electrons. The Morgan fingerprint density at radius 2 is 1.69 bits per heavy atom. The molecule has 0 spiro atoms. The van der Waals surface area contributed by atoms with E-state index in [1.807, 2.05) is 44.2 Å². The molecule has 0 saturated heterocycles. The summed E-state index contributed by atoms with van der Waals surface area (Å²) in [5.41, 5.74) is 1.08. The van der Waals surface area contributed by atoms with E-state index in [2.05, 4.69) is 6.07 Å². The smallest absolute Gasteiger partial charge is 0.306 e. The highest BCUT2D eigenvalue weighted by molar-refractivity contribution is 5.86. The second-order valence-corrected chi connectivity index (χ2v) is 6.53. The summed E-state index contributed by atoms with van der Waals surface area (Å²) in [5.74, 6) is 0.553. The number of benzene rings is 2. The number of fused-ring (bicyclic) bond motifs is 1.